The maximum atomic E-state index is 13.7. The predicted molar refractivity (Wildman–Crippen MR) is 160 cm³/mol. The van der Waals surface area contributed by atoms with Gasteiger partial charge in [0.2, 0.25) is 0 Å². The number of hydrogen-bond donors (Lipinski definition) is 0. The van der Waals surface area contributed by atoms with Gasteiger partial charge in [-0.05, 0) is 42.0 Å². The zero-order valence-corrected chi connectivity index (χ0v) is 22.8. The zero-order valence-electron chi connectivity index (χ0n) is 22.8. The Morgan fingerprint density at radius 3 is 1.88 bits per heavy atom. The molecule has 5 aromatic rings. The van der Waals surface area contributed by atoms with Gasteiger partial charge in [-0.15, -0.1) is 5.10 Å². The van der Waals surface area contributed by atoms with E-state index in [1.54, 1.807) is 4.57 Å². The summed E-state index contributed by atoms with van der Waals surface area (Å²) in [5.74, 6) is 0.338. The lowest BCUT2D eigenvalue weighted by molar-refractivity contribution is -0.147. The molecule has 1 atom stereocenters. The molecule has 0 bridgehead atoms. The molecular formula is C33H31N5O3. The molecule has 0 aliphatic carbocycles. The summed E-state index contributed by atoms with van der Waals surface area (Å²) >= 11 is 0. The van der Waals surface area contributed by atoms with E-state index < -0.39 is 6.04 Å². The van der Waals surface area contributed by atoms with E-state index in [4.69, 9.17) is 9.84 Å². The van der Waals surface area contributed by atoms with Crippen LogP contribution in [0.2, 0.25) is 0 Å². The molecule has 0 saturated carbocycles. The quantitative estimate of drug-likeness (QED) is 0.276. The number of benzene rings is 4. The van der Waals surface area contributed by atoms with Crippen molar-refractivity contribution in [1.82, 2.24) is 19.2 Å². The number of anilines is 1. The van der Waals surface area contributed by atoms with Gasteiger partial charge in [-0.2, -0.15) is 4.68 Å². The third-order valence-electron chi connectivity index (χ3n) is 7.50. The molecule has 1 unspecified atom stereocenters. The average Bonchev–Trinajstić information content (AvgIpc) is 3.39. The molecule has 1 fully saturated rings. The number of hydrogen-bond acceptors (Lipinski definition) is 6. The van der Waals surface area contributed by atoms with Crippen molar-refractivity contribution in [3.05, 3.63) is 131 Å². The first-order valence-corrected chi connectivity index (χ1v) is 13.7. The van der Waals surface area contributed by atoms with Crippen LogP contribution < -0.4 is 10.6 Å². The van der Waals surface area contributed by atoms with Gasteiger partial charge in [-0.25, -0.2) is 14.2 Å². The molecule has 0 N–H and O–H groups in total. The van der Waals surface area contributed by atoms with Crippen LogP contribution in [0.1, 0.15) is 11.6 Å². The van der Waals surface area contributed by atoms with Crippen LogP contribution in [0.15, 0.2) is 120 Å². The van der Waals surface area contributed by atoms with E-state index in [1.165, 1.54) is 11.8 Å². The third-order valence-corrected chi connectivity index (χ3v) is 7.50. The Balaban J connectivity index is 1.23. The molecule has 6 rings (SSSR count). The van der Waals surface area contributed by atoms with Crippen LogP contribution >= 0.6 is 0 Å². The number of esters is 1. The van der Waals surface area contributed by atoms with E-state index in [0.717, 1.165) is 48.7 Å². The number of aromatic nitrogens is 3. The normalized spacial score (nSPS) is 14.5. The fourth-order valence-corrected chi connectivity index (χ4v) is 5.41. The largest absolute Gasteiger partial charge is 0.468 e. The van der Waals surface area contributed by atoms with E-state index in [0.29, 0.717) is 11.5 Å². The van der Waals surface area contributed by atoms with E-state index >= 15 is 0 Å². The van der Waals surface area contributed by atoms with E-state index in [9.17, 15) is 9.59 Å². The van der Waals surface area contributed by atoms with Crippen molar-refractivity contribution >= 4 is 11.7 Å². The van der Waals surface area contributed by atoms with Crippen molar-refractivity contribution < 1.29 is 9.53 Å². The zero-order chi connectivity index (χ0) is 28.2. The maximum Gasteiger partial charge on any atom is 0.355 e. The highest BCUT2D eigenvalue weighted by Crippen LogP contribution is 2.26. The topological polar surface area (TPSA) is 72.6 Å². The number of rotatable bonds is 7. The minimum Gasteiger partial charge on any atom is -0.468 e. The van der Waals surface area contributed by atoms with Crippen molar-refractivity contribution in [2.45, 2.75) is 6.04 Å². The molecule has 8 heteroatoms. The highest BCUT2D eigenvalue weighted by Gasteiger charge is 2.31. The predicted octanol–water partition coefficient (Wildman–Crippen LogP) is 4.73. The number of carbonyl (C=O) groups excluding carboxylic acids is 1. The fourth-order valence-electron chi connectivity index (χ4n) is 5.41. The summed E-state index contributed by atoms with van der Waals surface area (Å²) in [4.78, 5) is 30.8. The molecule has 0 amide bonds. The summed E-state index contributed by atoms with van der Waals surface area (Å²) in [6.45, 7) is 2.97. The van der Waals surface area contributed by atoms with Gasteiger partial charge in [0.1, 0.15) is 6.04 Å². The lowest BCUT2D eigenvalue weighted by Crippen LogP contribution is -2.49. The first-order valence-electron chi connectivity index (χ1n) is 13.7. The van der Waals surface area contributed by atoms with Crippen LogP contribution in [0, 0.1) is 0 Å². The number of nitrogens with zero attached hydrogens (tertiary/aromatic N) is 5. The van der Waals surface area contributed by atoms with Gasteiger partial charge in [-0.1, -0.05) is 78.9 Å². The molecule has 0 radical (unpaired) electrons. The van der Waals surface area contributed by atoms with Gasteiger partial charge in [0, 0.05) is 37.4 Å². The molecule has 1 aliphatic rings. The van der Waals surface area contributed by atoms with Crippen molar-refractivity contribution in [2.75, 3.05) is 38.2 Å². The molecular weight excluding hydrogens is 514 g/mol. The lowest BCUT2D eigenvalue weighted by Gasteiger charge is -2.39. The van der Waals surface area contributed by atoms with Crippen LogP contribution in [0.25, 0.3) is 22.8 Å². The summed E-state index contributed by atoms with van der Waals surface area (Å²) in [7, 11) is 1.44. The molecule has 1 saturated heterocycles. The molecule has 41 heavy (non-hydrogen) atoms. The number of piperazine rings is 1. The number of ether oxygens (including phenoxy) is 1. The Morgan fingerprint density at radius 1 is 0.707 bits per heavy atom. The molecule has 1 aliphatic heterocycles. The van der Waals surface area contributed by atoms with Gasteiger partial charge >= 0.3 is 11.7 Å². The first-order chi connectivity index (χ1) is 20.1. The van der Waals surface area contributed by atoms with Gasteiger partial charge in [0.25, 0.3) is 0 Å². The summed E-state index contributed by atoms with van der Waals surface area (Å²) in [6.07, 6.45) is 0. The van der Waals surface area contributed by atoms with Gasteiger partial charge in [-0.3, -0.25) is 4.90 Å². The van der Waals surface area contributed by atoms with Crippen molar-refractivity contribution in [3.63, 3.8) is 0 Å². The summed E-state index contributed by atoms with van der Waals surface area (Å²) < 4.78 is 8.24. The molecule has 8 nitrogen and oxygen atoms in total. The Kier molecular flexibility index (Phi) is 7.47. The van der Waals surface area contributed by atoms with Crippen molar-refractivity contribution in [1.29, 1.82) is 0 Å². The van der Waals surface area contributed by atoms with Crippen LogP contribution in [0.3, 0.4) is 0 Å². The molecule has 206 valence electrons. The third kappa shape index (κ3) is 5.29. The number of para-hydroxylation sites is 1. The van der Waals surface area contributed by atoms with Crippen molar-refractivity contribution in [3.8, 4) is 22.8 Å². The van der Waals surface area contributed by atoms with E-state index in [2.05, 4.69) is 9.80 Å². The second-order valence-corrected chi connectivity index (χ2v) is 9.93. The Labute approximate surface area is 238 Å². The lowest BCUT2D eigenvalue weighted by atomic mass is 10.0. The Bertz CT molecular complexity index is 1660. The molecule has 2 heterocycles. The molecule has 4 aromatic carbocycles. The standard InChI is InChI=1S/C33H31N5O3/c1-41-32(39)30(25-11-5-2-6-12-25)36-23-21-35(22-24-36)27-17-19-29(20-18-27)38-33(40)37(28-15-9-4-10-16-28)31(34-38)26-13-7-3-8-14-26/h2-20,30H,21-24H2,1H3. The smallest absolute Gasteiger partial charge is 0.355 e. The second-order valence-electron chi connectivity index (χ2n) is 9.93. The van der Waals surface area contributed by atoms with E-state index in [-0.39, 0.29) is 11.7 Å². The average molecular weight is 546 g/mol. The summed E-state index contributed by atoms with van der Waals surface area (Å²) in [5.41, 5.74) is 4.08. The highest BCUT2D eigenvalue weighted by molar-refractivity contribution is 5.77. The minimum absolute atomic E-state index is 0.230. The molecule has 1 aromatic heterocycles. The van der Waals surface area contributed by atoms with Gasteiger partial charge in [0.05, 0.1) is 18.5 Å². The van der Waals surface area contributed by atoms with Crippen LogP contribution in [-0.4, -0.2) is 58.5 Å². The van der Waals surface area contributed by atoms with E-state index in [1.807, 2.05) is 115 Å². The maximum absolute atomic E-state index is 13.7. The SMILES string of the molecule is COC(=O)C(c1ccccc1)N1CCN(c2ccc(-n3nc(-c4ccccc4)n(-c4ccccc4)c3=O)cc2)CC1. The first kappa shape index (κ1) is 26.3. The van der Waals surface area contributed by atoms with Crippen LogP contribution in [0.4, 0.5) is 5.69 Å². The Hall–Kier alpha value is -4.95. The fraction of sp³-hybridized carbons (Fsp3) is 0.182. The van der Waals surface area contributed by atoms with Gasteiger partial charge in [0.15, 0.2) is 5.82 Å². The van der Waals surface area contributed by atoms with Crippen molar-refractivity contribution in [2.24, 2.45) is 0 Å². The van der Waals surface area contributed by atoms with Gasteiger partial charge < -0.3 is 9.64 Å². The Morgan fingerprint density at radius 2 is 1.27 bits per heavy atom. The van der Waals surface area contributed by atoms with Crippen LogP contribution in [-0.2, 0) is 9.53 Å². The minimum atomic E-state index is -0.420. The highest BCUT2D eigenvalue weighted by atomic mass is 16.5. The monoisotopic (exact) mass is 545 g/mol. The second kappa shape index (κ2) is 11.7. The molecule has 0 spiro atoms. The number of carbonyl (C=O) groups is 1. The van der Waals surface area contributed by atoms with Crippen LogP contribution in [0.5, 0.6) is 0 Å². The summed E-state index contributed by atoms with van der Waals surface area (Å²) in [6, 6.07) is 36.6. The number of methoxy groups -OCH3 is 1. The summed E-state index contributed by atoms with van der Waals surface area (Å²) in [5, 5.41) is 4.75.